The first kappa shape index (κ1) is 12.1. The second-order valence-corrected chi connectivity index (χ2v) is 5.29. The van der Waals surface area contributed by atoms with Crippen molar-refractivity contribution in [1.29, 1.82) is 0 Å². The van der Waals surface area contributed by atoms with Crippen LogP contribution in [0.4, 0.5) is 5.69 Å². The quantitative estimate of drug-likeness (QED) is 0.466. The summed E-state index contributed by atoms with van der Waals surface area (Å²) in [6.07, 6.45) is 5.87. The van der Waals surface area contributed by atoms with Gasteiger partial charge in [-0.05, 0) is 25.0 Å². The van der Waals surface area contributed by atoms with Gasteiger partial charge in [0.05, 0.1) is 17.0 Å². The van der Waals surface area contributed by atoms with Crippen molar-refractivity contribution in [3.05, 3.63) is 39.9 Å². The predicted octanol–water partition coefficient (Wildman–Crippen LogP) is 2.75. The largest absolute Gasteiger partial charge is 0.329 e. The van der Waals surface area contributed by atoms with Gasteiger partial charge in [0.1, 0.15) is 0 Å². The number of benzene rings is 1. The Bertz CT molecular complexity index is 500. The van der Waals surface area contributed by atoms with E-state index in [4.69, 9.17) is 0 Å². The average molecular weight is 260 g/mol. The first-order chi connectivity index (χ1) is 9.18. The molecule has 1 aliphatic carbocycles. The Labute approximate surface area is 111 Å². The fraction of sp³-hybridized carbons (Fsp3) is 0.500. The van der Waals surface area contributed by atoms with Crippen LogP contribution in [0.2, 0.25) is 0 Å². The van der Waals surface area contributed by atoms with Crippen molar-refractivity contribution in [2.75, 3.05) is 0 Å². The number of nitrogens with zero attached hydrogens (tertiary/aromatic N) is 2. The van der Waals surface area contributed by atoms with Crippen LogP contribution in [0.1, 0.15) is 42.5 Å². The fourth-order valence-electron chi connectivity index (χ4n) is 3.06. The van der Waals surface area contributed by atoms with Crippen LogP contribution < -0.4 is 0 Å². The summed E-state index contributed by atoms with van der Waals surface area (Å²) in [5, 5.41) is 10.6. The van der Waals surface area contributed by atoms with Crippen molar-refractivity contribution in [1.82, 2.24) is 4.90 Å². The lowest BCUT2D eigenvalue weighted by Crippen LogP contribution is -2.15. The molecule has 0 spiro atoms. The SMILES string of the molecule is O=C(c1ccc([N+](=O)[O-])cc1)N1C2CCCCCC21. The molecular weight excluding hydrogens is 244 g/mol. The normalized spacial score (nSPS) is 25.4. The van der Waals surface area contributed by atoms with Gasteiger partial charge in [-0.2, -0.15) is 0 Å². The van der Waals surface area contributed by atoms with Crippen molar-refractivity contribution >= 4 is 11.6 Å². The molecule has 1 amide bonds. The molecule has 5 nitrogen and oxygen atoms in total. The van der Waals surface area contributed by atoms with Gasteiger partial charge in [0.2, 0.25) is 0 Å². The molecule has 0 aromatic heterocycles. The van der Waals surface area contributed by atoms with Gasteiger partial charge in [0, 0.05) is 17.7 Å². The molecule has 2 aliphatic rings. The molecule has 0 bridgehead atoms. The maximum absolute atomic E-state index is 12.3. The third-order valence-electron chi connectivity index (χ3n) is 4.13. The number of nitro benzene ring substituents is 1. The van der Waals surface area contributed by atoms with E-state index in [0.717, 1.165) is 12.8 Å². The van der Waals surface area contributed by atoms with Crippen molar-refractivity contribution < 1.29 is 9.72 Å². The predicted molar refractivity (Wildman–Crippen MR) is 69.9 cm³/mol. The molecule has 3 rings (SSSR count). The minimum Gasteiger partial charge on any atom is -0.329 e. The van der Waals surface area contributed by atoms with Gasteiger partial charge in [-0.25, -0.2) is 0 Å². The van der Waals surface area contributed by atoms with E-state index in [1.165, 1.54) is 31.4 Å². The number of amides is 1. The van der Waals surface area contributed by atoms with Crippen LogP contribution in [0.3, 0.4) is 0 Å². The van der Waals surface area contributed by atoms with Gasteiger partial charge in [0.25, 0.3) is 11.6 Å². The molecule has 0 N–H and O–H groups in total. The molecule has 1 aliphatic heterocycles. The van der Waals surface area contributed by atoms with E-state index in [1.807, 2.05) is 4.90 Å². The van der Waals surface area contributed by atoms with E-state index in [1.54, 1.807) is 12.1 Å². The molecule has 2 unspecified atom stereocenters. The van der Waals surface area contributed by atoms with E-state index < -0.39 is 4.92 Å². The minimum absolute atomic E-state index is 0.0202. The molecule has 1 aromatic carbocycles. The highest BCUT2D eigenvalue weighted by Gasteiger charge is 2.50. The van der Waals surface area contributed by atoms with Gasteiger partial charge in [0.15, 0.2) is 0 Å². The van der Waals surface area contributed by atoms with E-state index in [2.05, 4.69) is 0 Å². The highest BCUT2D eigenvalue weighted by atomic mass is 16.6. The summed E-state index contributed by atoms with van der Waals surface area (Å²) < 4.78 is 0. The molecule has 2 atom stereocenters. The van der Waals surface area contributed by atoms with Crippen molar-refractivity contribution in [2.24, 2.45) is 0 Å². The smallest absolute Gasteiger partial charge is 0.269 e. The number of non-ortho nitro benzene ring substituents is 1. The third kappa shape index (κ3) is 2.20. The summed E-state index contributed by atoms with van der Waals surface area (Å²) in [7, 11) is 0. The van der Waals surface area contributed by atoms with Gasteiger partial charge in [-0.3, -0.25) is 14.9 Å². The molecule has 5 heteroatoms. The average Bonchev–Trinajstić information content (AvgIpc) is 3.13. The Morgan fingerprint density at radius 1 is 1.11 bits per heavy atom. The van der Waals surface area contributed by atoms with E-state index in [0.29, 0.717) is 17.6 Å². The number of carbonyl (C=O) groups is 1. The van der Waals surface area contributed by atoms with E-state index in [9.17, 15) is 14.9 Å². The Balaban J connectivity index is 1.72. The van der Waals surface area contributed by atoms with Gasteiger partial charge in [-0.15, -0.1) is 0 Å². The molecule has 0 radical (unpaired) electrons. The van der Waals surface area contributed by atoms with Gasteiger partial charge in [-0.1, -0.05) is 19.3 Å². The van der Waals surface area contributed by atoms with Crippen LogP contribution >= 0.6 is 0 Å². The fourth-order valence-corrected chi connectivity index (χ4v) is 3.06. The van der Waals surface area contributed by atoms with Crippen LogP contribution in [-0.4, -0.2) is 27.8 Å². The monoisotopic (exact) mass is 260 g/mol. The number of likely N-dealkylation sites (tertiary alicyclic amines) is 1. The van der Waals surface area contributed by atoms with E-state index in [-0.39, 0.29) is 11.6 Å². The summed E-state index contributed by atoms with van der Waals surface area (Å²) >= 11 is 0. The van der Waals surface area contributed by atoms with Crippen molar-refractivity contribution in [3.8, 4) is 0 Å². The Kier molecular flexibility index (Phi) is 2.97. The molecule has 1 saturated heterocycles. The second-order valence-electron chi connectivity index (χ2n) is 5.29. The molecule has 1 saturated carbocycles. The van der Waals surface area contributed by atoms with Crippen LogP contribution in [0.5, 0.6) is 0 Å². The Hall–Kier alpha value is -1.91. The zero-order valence-electron chi connectivity index (χ0n) is 10.6. The standard InChI is InChI=1S/C14H16N2O3/c17-14(10-6-8-11(9-7-10)16(18)19)15-12-4-2-1-3-5-13(12)15/h6-9,12-13H,1-5H2. The van der Waals surface area contributed by atoms with Crippen LogP contribution in [0.25, 0.3) is 0 Å². The molecule has 100 valence electrons. The number of rotatable bonds is 2. The van der Waals surface area contributed by atoms with Crippen molar-refractivity contribution in [2.45, 2.75) is 44.2 Å². The first-order valence-corrected chi connectivity index (χ1v) is 6.75. The number of hydrogen-bond acceptors (Lipinski definition) is 3. The summed E-state index contributed by atoms with van der Waals surface area (Å²) in [4.78, 5) is 24.4. The summed E-state index contributed by atoms with van der Waals surface area (Å²) in [5.74, 6) is 0.0202. The lowest BCUT2D eigenvalue weighted by molar-refractivity contribution is -0.384. The summed E-state index contributed by atoms with van der Waals surface area (Å²) in [5.41, 5.74) is 0.579. The zero-order chi connectivity index (χ0) is 13.4. The number of hydrogen-bond donors (Lipinski definition) is 0. The maximum Gasteiger partial charge on any atom is 0.269 e. The Morgan fingerprint density at radius 3 is 2.21 bits per heavy atom. The lowest BCUT2D eigenvalue weighted by atomic mass is 10.1. The highest BCUT2D eigenvalue weighted by molar-refractivity contribution is 5.96. The number of carbonyl (C=O) groups excluding carboxylic acids is 1. The molecular formula is C14H16N2O3. The molecule has 1 heterocycles. The minimum atomic E-state index is -0.449. The second kappa shape index (κ2) is 4.64. The molecule has 1 aromatic rings. The number of fused-ring (bicyclic) bond motifs is 1. The summed E-state index contributed by atoms with van der Waals surface area (Å²) in [6, 6.07) is 6.71. The Morgan fingerprint density at radius 2 is 1.68 bits per heavy atom. The zero-order valence-corrected chi connectivity index (χ0v) is 10.6. The molecule has 19 heavy (non-hydrogen) atoms. The van der Waals surface area contributed by atoms with Gasteiger partial charge >= 0.3 is 0 Å². The van der Waals surface area contributed by atoms with Crippen molar-refractivity contribution in [3.63, 3.8) is 0 Å². The number of nitro groups is 1. The van der Waals surface area contributed by atoms with Gasteiger partial charge < -0.3 is 4.90 Å². The van der Waals surface area contributed by atoms with Crippen LogP contribution in [0, 0.1) is 10.1 Å². The molecule has 2 fully saturated rings. The highest BCUT2D eigenvalue weighted by Crippen LogP contribution is 2.40. The third-order valence-corrected chi connectivity index (χ3v) is 4.13. The van der Waals surface area contributed by atoms with Crippen LogP contribution in [-0.2, 0) is 0 Å². The topological polar surface area (TPSA) is 63.2 Å². The lowest BCUT2D eigenvalue weighted by Gasteiger charge is -2.07. The first-order valence-electron chi connectivity index (χ1n) is 6.75. The van der Waals surface area contributed by atoms with E-state index >= 15 is 0 Å². The maximum atomic E-state index is 12.3. The van der Waals surface area contributed by atoms with Crippen LogP contribution in [0.15, 0.2) is 24.3 Å². The summed E-state index contributed by atoms with van der Waals surface area (Å²) in [6.45, 7) is 0.